The second kappa shape index (κ2) is 5.85. The smallest absolute Gasteiger partial charge is 0.224 e. The van der Waals surface area contributed by atoms with Crippen molar-refractivity contribution in [3.63, 3.8) is 0 Å². The zero-order valence-corrected chi connectivity index (χ0v) is 11.3. The summed E-state index contributed by atoms with van der Waals surface area (Å²) in [4.78, 5) is 11.2. The highest BCUT2D eigenvalue weighted by atomic mass is 16.1. The highest BCUT2D eigenvalue weighted by Crippen LogP contribution is 2.25. The van der Waals surface area contributed by atoms with Crippen molar-refractivity contribution in [1.82, 2.24) is 0 Å². The van der Waals surface area contributed by atoms with Gasteiger partial charge in [-0.05, 0) is 29.5 Å². The Balaban J connectivity index is 2.65. The number of carbonyl (C=O) groups excluding carboxylic acids is 1. The van der Waals surface area contributed by atoms with Gasteiger partial charge >= 0.3 is 0 Å². The van der Waals surface area contributed by atoms with Gasteiger partial charge in [0.05, 0.1) is 0 Å². The van der Waals surface area contributed by atoms with Gasteiger partial charge in [-0.25, -0.2) is 0 Å². The monoisotopic (exact) mass is 233 g/mol. The molecule has 1 rings (SSSR count). The Labute approximate surface area is 104 Å². The van der Waals surface area contributed by atoms with Crippen LogP contribution in [-0.4, -0.2) is 5.91 Å². The molecule has 0 unspecified atom stereocenters. The minimum Gasteiger partial charge on any atom is -0.326 e. The van der Waals surface area contributed by atoms with Crippen LogP contribution in [0.4, 0.5) is 5.69 Å². The molecule has 0 saturated carbocycles. The Hall–Kier alpha value is -1.31. The lowest BCUT2D eigenvalue weighted by molar-refractivity contribution is -0.115. The molecular formula is C15H23NO. The van der Waals surface area contributed by atoms with E-state index in [2.05, 4.69) is 38.2 Å². The largest absolute Gasteiger partial charge is 0.326 e. The van der Waals surface area contributed by atoms with E-state index >= 15 is 0 Å². The van der Waals surface area contributed by atoms with Gasteiger partial charge in [0.15, 0.2) is 0 Å². The fraction of sp³-hybridized carbons (Fsp3) is 0.533. The van der Waals surface area contributed by atoms with Crippen LogP contribution in [0.15, 0.2) is 24.3 Å². The van der Waals surface area contributed by atoms with Crippen LogP contribution in [0.5, 0.6) is 0 Å². The Bertz CT molecular complexity index is 365. The van der Waals surface area contributed by atoms with Gasteiger partial charge in [0.1, 0.15) is 0 Å². The minimum absolute atomic E-state index is 0.0617. The van der Waals surface area contributed by atoms with Crippen molar-refractivity contribution in [1.29, 1.82) is 0 Å². The summed E-state index contributed by atoms with van der Waals surface area (Å²) in [6.45, 7) is 8.63. The number of rotatable bonds is 5. The van der Waals surface area contributed by atoms with Gasteiger partial charge in [-0.3, -0.25) is 4.79 Å². The predicted molar refractivity (Wildman–Crippen MR) is 73.1 cm³/mol. The van der Waals surface area contributed by atoms with Crippen LogP contribution in [0.3, 0.4) is 0 Å². The molecule has 2 nitrogen and oxygen atoms in total. The third-order valence-corrected chi connectivity index (χ3v) is 3.20. The summed E-state index contributed by atoms with van der Waals surface area (Å²) in [5.41, 5.74) is 2.55. The van der Waals surface area contributed by atoms with E-state index in [1.807, 2.05) is 19.1 Å². The number of amides is 1. The normalized spacial score (nSPS) is 11.3. The van der Waals surface area contributed by atoms with Gasteiger partial charge in [0, 0.05) is 12.1 Å². The maximum Gasteiger partial charge on any atom is 0.224 e. The summed E-state index contributed by atoms with van der Waals surface area (Å²) in [6, 6.07) is 8.16. The van der Waals surface area contributed by atoms with Crippen molar-refractivity contribution in [3.8, 4) is 0 Å². The average Bonchev–Trinajstić information content (AvgIpc) is 2.31. The molecule has 0 bridgehead atoms. The maximum absolute atomic E-state index is 11.2. The third-order valence-electron chi connectivity index (χ3n) is 3.20. The molecule has 0 heterocycles. The van der Waals surface area contributed by atoms with Gasteiger partial charge in [0.25, 0.3) is 0 Å². The number of carbonyl (C=O) groups is 1. The number of hydrogen-bond donors (Lipinski definition) is 1. The zero-order chi connectivity index (χ0) is 12.9. The highest BCUT2D eigenvalue weighted by Gasteiger charge is 2.15. The summed E-state index contributed by atoms with van der Waals surface area (Å²) >= 11 is 0. The molecule has 0 atom stereocenters. The lowest BCUT2D eigenvalue weighted by atomic mass is 9.83. The zero-order valence-electron chi connectivity index (χ0n) is 11.3. The molecule has 0 aliphatic carbocycles. The fourth-order valence-electron chi connectivity index (χ4n) is 1.63. The molecule has 1 aromatic rings. The summed E-state index contributed by atoms with van der Waals surface area (Å²) in [7, 11) is 0. The number of nitrogens with one attached hydrogen (secondary N) is 1. The molecule has 0 aliphatic heterocycles. The van der Waals surface area contributed by atoms with E-state index in [0.29, 0.717) is 11.8 Å². The van der Waals surface area contributed by atoms with Gasteiger partial charge < -0.3 is 5.32 Å². The quantitative estimate of drug-likeness (QED) is 0.818. The molecular weight excluding hydrogens is 210 g/mol. The van der Waals surface area contributed by atoms with E-state index in [9.17, 15) is 4.79 Å². The number of benzene rings is 1. The summed E-state index contributed by atoms with van der Waals surface area (Å²) in [5.74, 6) is 0.0617. The fourth-order valence-corrected chi connectivity index (χ4v) is 1.63. The second-order valence-electron chi connectivity index (χ2n) is 5.29. The summed E-state index contributed by atoms with van der Waals surface area (Å²) in [6.07, 6.45) is 2.76. The first-order valence-corrected chi connectivity index (χ1v) is 6.35. The Kier molecular flexibility index (Phi) is 4.73. The standard InChI is InChI=1S/C15H23NO/c1-5-14(17)16-13-9-7-12(8-10-13)11-15(3,4)6-2/h7-10H,5-6,11H2,1-4H3,(H,16,17). The van der Waals surface area contributed by atoms with Crippen LogP contribution < -0.4 is 5.32 Å². The molecule has 0 fully saturated rings. The van der Waals surface area contributed by atoms with Crippen LogP contribution in [0, 0.1) is 5.41 Å². The molecule has 0 aliphatic rings. The maximum atomic E-state index is 11.2. The van der Waals surface area contributed by atoms with Gasteiger partial charge in [-0.1, -0.05) is 46.2 Å². The van der Waals surface area contributed by atoms with E-state index in [1.165, 1.54) is 12.0 Å². The van der Waals surface area contributed by atoms with Crippen LogP contribution in [-0.2, 0) is 11.2 Å². The number of anilines is 1. The predicted octanol–water partition coefficient (Wildman–Crippen LogP) is 4.01. The molecule has 17 heavy (non-hydrogen) atoms. The van der Waals surface area contributed by atoms with Crippen LogP contribution in [0.25, 0.3) is 0 Å². The molecule has 0 radical (unpaired) electrons. The van der Waals surface area contributed by atoms with E-state index in [4.69, 9.17) is 0 Å². The minimum atomic E-state index is 0.0617. The highest BCUT2D eigenvalue weighted by molar-refractivity contribution is 5.90. The van der Waals surface area contributed by atoms with Crippen molar-refractivity contribution in [2.45, 2.75) is 47.0 Å². The number of hydrogen-bond acceptors (Lipinski definition) is 1. The second-order valence-corrected chi connectivity index (χ2v) is 5.29. The molecule has 1 N–H and O–H groups in total. The lowest BCUT2D eigenvalue weighted by Crippen LogP contribution is -2.13. The first-order chi connectivity index (χ1) is 7.96. The first-order valence-electron chi connectivity index (χ1n) is 6.35. The Morgan fingerprint density at radius 3 is 2.24 bits per heavy atom. The lowest BCUT2D eigenvalue weighted by Gasteiger charge is -2.22. The van der Waals surface area contributed by atoms with Gasteiger partial charge in [0.2, 0.25) is 5.91 Å². The van der Waals surface area contributed by atoms with Crippen LogP contribution >= 0.6 is 0 Å². The molecule has 94 valence electrons. The van der Waals surface area contributed by atoms with Gasteiger partial charge in [-0.2, -0.15) is 0 Å². The van der Waals surface area contributed by atoms with Gasteiger partial charge in [-0.15, -0.1) is 0 Å². The van der Waals surface area contributed by atoms with Crippen molar-refractivity contribution in [3.05, 3.63) is 29.8 Å². The summed E-state index contributed by atoms with van der Waals surface area (Å²) in [5, 5.41) is 2.86. The Morgan fingerprint density at radius 2 is 1.76 bits per heavy atom. The third kappa shape index (κ3) is 4.59. The van der Waals surface area contributed by atoms with Crippen molar-refractivity contribution in [2.24, 2.45) is 5.41 Å². The molecule has 1 aromatic carbocycles. The van der Waals surface area contributed by atoms with E-state index in [-0.39, 0.29) is 5.91 Å². The van der Waals surface area contributed by atoms with E-state index < -0.39 is 0 Å². The SMILES string of the molecule is CCC(=O)Nc1ccc(CC(C)(C)CC)cc1. The first kappa shape index (κ1) is 13.8. The van der Waals surface area contributed by atoms with Crippen LogP contribution in [0.2, 0.25) is 0 Å². The molecule has 0 spiro atoms. The molecule has 1 amide bonds. The summed E-state index contributed by atoms with van der Waals surface area (Å²) < 4.78 is 0. The van der Waals surface area contributed by atoms with Crippen molar-refractivity contribution in [2.75, 3.05) is 5.32 Å². The topological polar surface area (TPSA) is 29.1 Å². The average molecular weight is 233 g/mol. The van der Waals surface area contributed by atoms with Crippen molar-refractivity contribution >= 4 is 11.6 Å². The Morgan fingerprint density at radius 1 is 1.18 bits per heavy atom. The molecule has 0 saturated heterocycles. The van der Waals surface area contributed by atoms with Crippen LogP contribution in [0.1, 0.15) is 46.1 Å². The van der Waals surface area contributed by atoms with E-state index in [1.54, 1.807) is 0 Å². The van der Waals surface area contributed by atoms with E-state index in [0.717, 1.165) is 12.1 Å². The molecule has 0 aromatic heterocycles. The molecule has 2 heteroatoms. The van der Waals surface area contributed by atoms with Crippen molar-refractivity contribution < 1.29 is 4.79 Å².